The van der Waals surface area contributed by atoms with Crippen molar-refractivity contribution in [3.05, 3.63) is 0 Å². The molecule has 86 valence electrons. The van der Waals surface area contributed by atoms with Crippen LogP contribution in [0.5, 0.6) is 0 Å². The number of ketones is 1. The van der Waals surface area contributed by atoms with E-state index in [9.17, 15) is 15.0 Å². The predicted octanol–water partition coefficient (Wildman–Crippen LogP) is 1.12. The van der Waals surface area contributed by atoms with Crippen molar-refractivity contribution in [2.75, 3.05) is 0 Å². The molecular formula is C12H20O3. The SMILES string of the molecule is C[C@H]1CC[C@@H](O)[C@@]12C(=O)CC(C)(C)[C@@H]2O. The number of Topliss-reactive ketones (excluding diaryl/α,β-unsaturated/α-hetero) is 1. The normalized spacial score (nSPS) is 49.1. The van der Waals surface area contributed by atoms with Crippen LogP contribution in [0.2, 0.25) is 0 Å². The van der Waals surface area contributed by atoms with Gasteiger partial charge in [0, 0.05) is 6.42 Å². The minimum Gasteiger partial charge on any atom is -0.392 e. The molecular weight excluding hydrogens is 192 g/mol. The summed E-state index contributed by atoms with van der Waals surface area (Å²) in [5.41, 5.74) is -1.26. The highest BCUT2D eigenvalue weighted by molar-refractivity contribution is 5.90. The van der Waals surface area contributed by atoms with Gasteiger partial charge >= 0.3 is 0 Å². The summed E-state index contributed by atoms with van der Waals surface area (Å²) in [5, 5.41) is 20.4. The quantitative estimate of drug-likeness (QED) is 0.632. The Morgan fingerprint density at radius 3 is 2.20 bits per heavy atom. The van der Waals surface area contributed by atoms with Gasteiger partial charge in [-0.3, -0.25) is 4.79 Å². The monoisotopic (exact) mass is 212 g/mol. The van der Waals surface area contributed by atoms with Crippen molar-refractivity contribution in [2.45, 2.75) is 52.2 Å². The van der Waals surface area contributed by atoms with Crippen LogP contribution in [-0.2, 0) is 4.79 Å². The van der Waals surface area contributed by atoms with Gasteiger partial charge in [-0.1, -0.05) is 20.8 Å². The van der Waals surface area contributed by atoms with Crippen molar-refractivity contribution >= 4 is 5.78 Å². The number of hydrogen-bond donors (Lipinski definition) is 2. The first kappa shape index (κ1) is 11.1. The van der Waals surface area contributed by atoms with Gasteiger partial charge in [0.15, 0.2) is 0 Å². The summed E-state index contributed by atoms with van der Waals surface area (Å²) < 4.78 is 0. The third kappa shape index (κ3) is 1.16. The van der Waals surface area contributed by atoms with Crippen LogP contribution in [0.3, 0.4) is 0 Å². The zero-order valence-electron chi connectivity index (χ0n) is 9.66. The average molecular weight is 212 g/mol. The maximum absolute atomic E-state index is 12.1. The number of carbonyl (C=O) groups is 1. The molecule has 0 heterocycles. The van der Waals surface area contributed by atoms with Crippen LogP contribution in [0, 0.1) is 16.7 Å². The molecule has 0 amide bonds. The lowest BCUT2D eigenvalue weighted by atomic mass is 9.70. The summed E-state index contributed by atoms with van der Waals surface area (Å²) in [6.07, 6.45) is 0.497. The molecule has 2 rings (SSSR count). The summed E-state index contributed by atoms with van der Waals surface area (Å²) in [6.45, 7) is 5.78. The van der Waals surface area contributed by atoms with E-state index in [1.165, 1.54) is 0 Å². The van der Waals surface area contributed by atoms with Gasteiger partial charge in [-0.2, -0.15) is 0 Å². The number of aliphatic hydroxyl groups is 2. The van der Waals surface area contributed by atoms with Gasteiger partial charge in [0.05, 0.1) is 17.6 Å². The Labute approximate surface area is 90.5 Å². The van der Waals surface area contributed by atoms with E-state index in [4.69, 9.17) is 0 Å². The second-order valence-corrected chi connectivity index (χ2v) is 5.92. The molecule has 0 unspecified atom stereocenters. The van der Waals surface area contributed by atoms with E-state index in [0.29, 0.717) is 12.8 Å². The second-order valence-electron chi connectivity index (χ2n) is 5.92. The first-order valence-corrected chi connectivity index (χ1v) is 5.73. The smallest absolute Gasteiger partial charge is 0.145 e. The van der Waals surface area contributed by atoms with Crippen LogP contribution in [0.1, 0.15) is 40.0 Å². The van der Waals surface area contributed by atoms with Crippen molar-refractivity contribution in [3.8, 4) is 0 Å². The second kappa shape index (κ2) is 3.05. The number of aliphatic hydroxyl groups excluding tert-OH is 2. The molecule has 0 bridgehead atoms. The van der Waals surface area contributed by atoms with Gasteiger partial charge in [-0.15, -0.1) is 0 Å². The van der Waals surface area contributed by atoms with Crippen molar-refractivity contribution in [1.29, 1.82) is 0 Å². The standard InChI is InChI=1S/C12H20O3/c1-7-4-5-8(13)12(7)9(14)6-11(2,3)10(12)15/h7-8,10,13,15H,4-6H2,1-3H3/t7-,8+,10-,12+/m0/s1. The van der Waals surface area contributed by atoms with E-state index in [1.807, 2.05) is 20.8 Å². The first-order chi connectivity index (χ1) is 6.83. The fourth-order valence-corrected chi connectivity index (χ4v) is 3.59. The molecule has 15 heavy (non-hydrogen) atoms. The van der Waals surface area contributed by atoms with Gasteiger partial charge < -0.3 is 10.2 Å². The fraction of sp³-hybridized carbons (Fsp3) is 0.917. The Bertz CT molecular complexity index is 285. The first-order valence-electron chi connectivity index (χ1n) is 5.73. The third-order valence-electron chi connectivity index (χ3n) is 4.53. The summed E-state index contributed by atoms with van der Waals surface area (Å²) in [4.78, 5) is 12.1. The van der Waals surface area contributed by atoms with Crippen LogP contribution in [-0.4, -0.2) is 28.2 Å². The molecule has 0 aromatic rings. The molecule has 2 fully saturated rings. The van der Waals surface area contributed by atoms with Crippen molar-refractivity contribution in [1.82, 2.24) is 0 Å². The van der Waals surface area contributed by atoms with E-state index in [-0.39, 0.29) is 11.7 Å². The maximum atomic E-state index is 12.1. The van der Waals surface area contributed by atoms with Gasteiger partial charge in [0.25, 0.3) is 0 Å². The topological polar surface area (TPSA) is 57.5 Å². The van der Waals surface area contributed by atoms with Crippen LogP contribution in [0.4, 0.5) is 0 Å². The van der Waals surface area contributed by atoms with Crippen LogP contribution in [0.15, 0.2) is 0 Å². The Hall–Kier alpha value is -0.410. The Morgan fingerprint density at radius 2 is 1.87 bits per heavy atom. The van der Waals surface area contributed by atoms with E-state index >= 15 is 0 Å². The van der Waals surface area contributed by atoms with Crippen LogP contribution < -0.4 is 0 Å². The molecule has 4 atom stereocenters. The van der Waals surface area contributed by atoms with Crippen LogP contribution in [0.25, 0.3) is 0 Å². The Morgan fingerprint density at radius 1 is 1.27 bits per heavy atom. The van der Waals surface area contributed by atoms with Gasteiger partial charge in [0.1, 0.15) is 5.78 Å². The lowest BCUT2D eigenvalue weighted by Gasteiger charge is -2.37. The van der Waals surface area contributed by atoms with Crippen molar-refractivity contribution < 1.29 is 15.0 Å². The maximum Gasteiger partial charge on any atom is 0.145 e. The highest BCUT2D eigenvalue weighted by atomic mass is 16.3. The van der Waals surface area contributed by atoms with Crippen LogP contribution >= 0.6 is 0 Å². The third-order valence-corrected chi connectivity index (χ3v) is 4.53. The molecule has 2 aliphatic rings. The highest BCUT2D eigenvalue weighted by Gasteiger charge is 2.65. The minimum absolute atomic E-state index is 0.0532. The molecule has 2 saturated carbocycles. The zero-order valence-corrected chi connectivity index (χ0v) is 9.66. The molecule has 2 aliphatic carbocycles. The van der Waals surface area contributed by atoms with Gasteiger partial charge in [-0.25, -0.2) is 0 Å². The van der Waals surface area contributed by atoms with E-state index in [0.717, 1.165) is 6.42 Å². The molecule has 2 N–H and O–H groups in total. The predicted molar refractivity (Wildman–Crippen MR) is 56.2 cm³/mol. The lowest BCUT2D eigenvalue weighted by molar-refractivity contribution is -0.142. The average Bonchev–Trinajstić information content (AvgIpc) is 2.49. The van der Waals surface area contributed by atoms with Gasteiger partial charge in [0.2, 0.25) is 0 Å². The molecule has 0 aromatic carbocycles. The summed E-state index contributed by atoms with van der Waals surface area (Å²) in [7, 11) is 0. The summed E-state index contributed by atoms with van der Waals surface area (Å²) in [5.74, 6) is 0.147. The van der Waals surface area contributed by atoms with Crippen molar-refractivity contribution in [2.24, 2.45) is 16.7 Å². The Kier molecular flexibility index (Phi) is 2.25. The molecule has 0 aliphatic heterocycles. The zero-order chi connectivity index (χ0) is 11.4. The molecule has 0 aromatic heterocycles. The minimum atomic E-state index is -0.872. The fourth-order valence-electron chi connectivity index (χ4n) is 3.59. The molecule has 3 nitrogen and oxygen atoms in total. The molecule has 0 saturated heterocycles. The van der Waals surface area contributed by atoms with E-state index < -0.39 is 23.0 Å². The van der Waals surface area contributed by atoms with Gasteiger partial charge in [-0.05, 0) is 24.2 Å². The number of rotatable bonds is 0. The van der Waals surface area contributed by atoms with E-state index in [1.54, 1.807) is 0 Å². The number of carbonyl (C=O) groups excluding carboxylic acids is 1. The summed E-state index contributed by atoms with van der Waals surface area (Å²) in [6, 6.07) is 0. The molecule has 1 spiro atoms. The molecule has 0 radical (unpaired) electrons. The Balaban J connectivity index is 2.47. The lowest BCUT2D eigenvalue weighted by Crippen LogP contribution is -2.49. The molecule has 3 heteroatoms. The summed E-state index contributed by atoms with van der Waals surface area (Å²) >= 11 is 0. The largest absolute Gasteiger partial charge is 0.392 e. The van der Waals surface area contributed by atoms with E-state index in [2.05, 4.69) is 0 Å². The number of hydrogen-bond acceptors (Lipinski definition) is 3. The highest BCUT2D eigenvalue weighted by Crippen LogP contribution is 2.57. The van der Waals surface area contributed by atoms with Crippen molar-refractivity contribution in [3.63, 3.8) is 0 Å².